The van der Waals surface area contributed by atoms with Crippen molar-refractivity contribution in [3.63, 3.8) is 0 Å². The van der Waals surface area contributed by atoms with Crippen LogP contribution in [-0.2, 0) is 17.8 Å². The number of aryl methyl sites for hydroxylation is 1. The number of nitrogens with one attached hydrogen (secondary N) is 1. The molecule has 1 N–H and O–H groups in total. The summed E-state index contributed by atoms with van der Waals surface area (Å²) in [6.07, 6.45) is 3.79. The van der Waals surface area contributed by atoms with Crippen molar-refractivity contribution in [2.24, 2.45) is 5.10 Å². The van der Waals surface area contributed by atoms with Gasteiger partial charge in [-0.25, -0.2) is 5.43 Å². The Hall–Kier alpha value is -3.40. The summed E-state index contributed by atoms with van der Waals surface area (Å²) < 4.78 is 5.76. The van der Waals surface area contributed by atoms with Crippen LogP contribution in [0.4, 0.5) is 0 Å². The van der Waals surface area contributed by atoms with Crippen LogP contribution in [0.5, 0.6) is 5.75 Å². The quantitative estimate of drug-likeness (QED) is 0.436. The summed E-state index contributed by atoms with van der Waals surface area (Å²) in [5, 5.41) is 4.03. The van der Waals surface area contributed by atoms with E-state index in [1.807, 2.05) is 72.8 Å². The summed E-state index contributed by atoms with van der Waals surface area (Å²) in [7, 11) is 0. The molecule has 0 aliphatic rings. The molecule has 0 saturated heterocycles. The lowest BCUT2D eigenvalue weighted by atomic mass is 10.1. The first-order chi connectivity index (χ1) is 13.8. The first-order valence-electron chi connectivity index (χ1n) is 9.42. The molecule has 4 heteroatoms. The lowest BCUT2D eigenvalue weighted by Crippen LogP contribution is -2.17. The van der Waals surface area contributed by atoms with Crippen LogP contribution in [0, 0.1) is 0 Å². The van der Waals surface area contributed by atoms with Crippen LogP contribution in [0.25, 0.3) is 0 Å². The first-order valence-corrected chi connectivity index (χ1v) is 9.42. The molecule has 3 aromatic carbocycles. The van der Waals surface area contributed by atoms with Crippen LogP contribution in [0.2, 0.25) is 0 Å². The van der Waals surface area contributed by atoms with Gasteiger partial charge in [0.15, 0.2) is 0 Å². The van der Waals surface area contributed by atoms with Gasteiger partial charge in [0.05, 0.1) is 6.21 Å². The average molecular weight is 372 g/mol. The van der Waals surface area contributed by atoms with E-state index < -0.39 is 0 Å². The molecule has 142 valence electrons. The number of amides is 1. The summed E-state index contributed by atoms with van der Waals surface area (Å²) in [6.45, 7) is 0.535. The number of carbonyl (C=O) groups excluding carboxylic acids is 1. The van der Waals surface area contributed by atoms with Crippen molar-refractivity contribution in [2.75, 3.05) is 0 Å². The molecular weight excluding hydrogens is 348 g/mol. The molecular formula is C24H24N2O2. The second kappa shape index (κ2) is 10.7. The number of hydrogen-bond donors (Lipinski definition) is 1. The highest BCUT2D eigenvalue weighted by Gasteiger charge is 2.00. The predicted octanol–water partition coefficient (Wildman–Crippen LogP) is 4.74. The maximum atomic E-state index is 11.9. The SMILES string of the molecule is O=C(CCCc1ccccc1)N/N=C/c1ccc(OCc2ccccc2)cc1. The van der Waals surface area contributed by atoms with Gasteiger partial charge >= 0.3 is 0 Å². The molecule has 0 heterocycles. The Bertz CT molecular complexity index is 875. The number of nitrogens with zero attached hydrogens (tertiary/aromatic N) is 1. The Kier molecular flexibility index (Phi) is 7.38. The smallest absolute Gasteiger partial charge is 0.240 e. The Labute approximate surface area is 165 Å². The van der Waals surface area contributed by atoms with Crippen LogP contribution in [0.15, 0.2) is 90.0 Å². The highest BCUT2D eigenvalue weighted by atomic mass is 16.5. The highest BCUT2D eigenvalue weighted by Crippen LogP contribution is 2.13. The largest absolute Gasteiger partial charge is 0.489 e. The van der Waals surface area contributed by atoms with E-state index >= 15 is 0 Å². The van der Waals surface area contributed by atoms with Gasteiger partial charge in [-0.05, 0) is 53.8 Å². The monoisotopic (exact) mass is 372 g/mol. The topological polar surface area (TPSA) is 50.7 Å². The van der Waals surface area contributed by atoms with Crippen molar-refractivity contribution in [1.29, 1.82) is 0 Å². The number of rotatable bonds is 9. The van der Waals surface area contributed by atoms with Crippen molar-refractivity contribution in [2.45, 2.75) is 25.9 Å². The molecule has 0 bridgehead atoms. The van der Waals surface area contributed by atoms with Gasteiger partial charge in [0, 0.05) is 6.42 Å². The number of carbonyl (C=O) groups is 1. The summed E-state index contributed by atoms with van der Waals surface area (Å²) in [5.41, 5.74) is 5.85. The lowest BCUT2D eigenvalue weighted by Gasteiger charge is -2.06. The van der Waals surface area contributed by atoms with E-state index in [0.717, 1.165) is 29.7 Å². The first kappa shape index (κ1) is 19.4. The molecule has 0 saturated carbocycles. The third kappa shape index (κ3) is 6.72. The fourth-order valence-electron chi connectivity index (χ4n) is 2.72. The fourth-order valence-corrected chi connectivity index (χ4v) is 2.72. The Balaban J connectivity index is 1.37. The van der Waals surface area contributed by atoms with Crippen molar-refractivity contribution in [3.05, 3.63) is 102 Å². The van der Waals surface area contributed by atoms with Crippen LogP contribution < -0.4 is 10.2 Å². The van der Waals surface area contributed by atoms with Crippen LogP contribution in [0.3, 0.4) is 0 Å². The zero-order chi connectivity index (χ0) is 19.4. The summed E-state index contributed by atoms with van der Waals surface area (Å²) >= 11 is 0. The predicted molar refractivity (Wildman–Crippen MR) is 112 cm³/mol. The van der Waals surface area contributed by atoms with Crippen LogP contribution in [0.1, 0.15) is 29.5 Å². The van der Waals surface area contributed by atoms with E-state index in [1.54, 1.807) is 6.21 Å². The number of hydrogen-bond acceptors (Lipinski definition) is 3. The number of ether oxygens (including phenoxy) is 1. The minimum atomic E-state index is -0.0741. The molecule has 3 rings (SSSR count). The van der Waals surface area contributed by atoms with Gasteiger partial charge in [0.1, 0.15) is 12.4 Å². The van der Waals surface area contributed by atoms with E-state index in [2.05, 4.69) is 22.7 Å². The average Bonchev–Trinajstić information content (AvgIpc) is 2.75. The second-order valence-electron chi connectivity index (χ2n) is 6.48. The van der Waals surface area contributed by atoms with Crippen molar-refractivity contribution < 1.29 is 9.53 Å². The van der Waals surface area contributed by atoms with E-state index in [9.17, 15) is 4.79 Å². The van der Waals surface area contributed by atoms with Gasteiger partial charge in [-0.1, -0.05) is 60.7 Å². The van der Waals surface area contributed by atoms with Crippen molar-refractivity contribution in [1.82, 2.24) is 5.43 Å². The number of hydrazone groups is 1. The summed E-state index contributed by atoms with van der Waals surface area (Å²) in [5.74, 6) is 0.723. The number of benzene rings is 3. The Morgan fingerprint density at radius 3 is 2.18 bits per heavy atom. The van der Waals surface area contributed by atoms with Gasteiger partial charge in [-0.15, -0.1) is 0 Å². The maximum absolute atomic E-state index is 11.9. The van der Waals surface area contributed by atoms with Crippen molar-refractivity contribution in [3.8, 4) is 5.75 Å². The Morgan fingerprint density at radius 2 is 1.50 bits per heavy atom. The minimum absolute atomic E-state index is 0.0741. The molecule has 28 heavy (non-hydrogen) atoms. The minimum Gasteiger partial charge on any atom is -0.489 e. The zero-order valence-electron chi connectivity index (χ0n) is 15.8. The van der Waals surface area contributed by atoms with Crippen molar-refractivity contribution >= 4 is 12.1 Å². The molecule has 0 aliphatic carbocycles. The second-order valence-corrected chi connectivity index (χ2v) is 6.48. The van der Waals surface area contributed by atoms with E-state index in [-0.39, 0.29) is 5.91 Å². The standard InChI is InChI=1S/C24H24N2O2/c27-24(13-7-12-20-8-3-1-4-9-20)26-25-18-21-14-16-23(17-15-21)28-19-22-10-5-2-6-11-22/h1-6,8-11,14-18H,7,12-13,19H2,(H,26,27)/b25-18+. The molecule has 0 aliphatic heterocycles. The summed E-state index contributed by atoms with van der Waals surface area (Å²) in [4.78, 5) is 11.9. The molecule has 0 atom stereocenters. The Morgan fingerprint density at radius 1 is 0.857 bits per heavy atom. The van der Waals surface area contributed by atoms with Gasteiger partial charge < -0.3 is 4.74 Å². The normalized spacial score (nSPS) is 10.7. The van der Waals surface area contributed by atoms with Gasteiger partial charge in [0.25, 0.3) is 0 Å². The fraction of sp³-hybridized carbons (Fsp3) is 0.167. The molecule has 1 amide bonds. The summed E-state index contributed by atoms with van der Waals surface area (Å²) in [6, 6.07) is 27.8. The van der Waals surface area contributed by atoms with Gasteiger partial charge in [-0.2, -0.15) is 5.10 Å². The molecule has 0 fully saturated rings. The van der Waals surface area contributed by atoms with E-state index in [4.69, 9.17) is 4.74 Å². The van der Waals surface area contributed by atoms with E-state index in [1.165, 1.54) is 5.56 Å². The van der Waals surface area contributed by atoms with E-state index in [0.29, 0.717) is 13.0 Å². The third-order valence-electron chi connectivity index (χ3n) is 4.24. The molecule has 0 radical (unpaired) electrons. The molecule has 0 spiro atoms. The van der Waals surface area contributed by atoms with Gasteiger partial charge in [0.2, 0.25) is 5.91 Å². The maximum Gasteiger partial charge on any atom is 0.240 e. The van der Waals surface area contributed by atoms with Gasteiger partial charge in [-0.3, -0.25) is 4.79 Å². The lowest BCUT2D eigenvalue weighted by molar-refractivity contribution is -0.121. The molecule has 4 nitrogen and oxygen atoms in total. The highest BCUT2D eigenvalue weighted by molar-refractivity contribution is 5.82. The molecule has 0 aromatic heterocycles. The van der Waals surface area contributed by atoms with Crippen LogP contribution >= 0.6 is 0 Å². The third-order valence-corrected chi connectivity index (χ3v) is 4.24. The molecule has 3 aromatic rings. The van der Waals surface area contributed by atoms with Crippen LogP contribution in [-0.4, -0.2) is 12.1 Å². The molecule has 0 unspecified atom stereocenters. The zero-order valence-corrected chi connectivity index (χ0v) is 15.8.